The zero-order chi connectivity index (χ0) is 29.2. The maximum Gasteiger partial charge on any atom is 0.332 e. The van der Waals surface area contributed by atoms with Gasteiger partial charge in [-0.15, -0.1) is 0 Å². The van der Waals surface area contributed by atoms with Gasteiger partial charge in [-0.3, -0.25) is 14.5 Å². The zero-order valence-corrected chi connectivity index (χ0v) is 23.4. The highest BCUT2D eigenvalue weighted by atomic mass is 19.1. The zero-order valence-electron chi connectivity index (χ0n) is 23.4. The standard InChI is InChI=1S/C33H33FN4O4/c1-2-3-18-42-19-8-17-35-31(39)24-10-5-7-12-27(24)38-32(40)28-20-25-23-9-4-6-11-26(23)36-29(25)30(37(28)33(38)41)21-13-15-22(34)16-14-21/h4-7,9-16,28,30,36H,2-3,8,17-20H2,1H3,(H,35,39)/t28-,30?/m0/s1. The topological polar surface area (TPSA) is 94.7 Å². The van der Waals surface area contributed by atoms with E-state index < -0.39 is 24.0 Å². The first kappa shape index (κ1) is 27.7. The molecular formula is C33H33FN4O4. The Balaban J connectivity index is 1.31. The van der Waals surface area contributed by atoms with Crippen LogP contribution in [0.2, 0.25) is 0 Å². The average molecular weight is 569 g/mol. The molecule has 9 heteroatoms. The van der Waals surface area contributed by atoms with Crippen LogP contribution in [0, 0.1) is 5.82 Å². The number of imide groups is 1. The van der Waals surface area contributed by atoms with Crippen molar-refractivity contribution in [3.8, 4) is 0 Å². The van der Waals surface area contributed by atoms with Gasteiger partial charge in [-0.1, -0.05) is 55.8 Å². The second kappa shape index (κ2) is 11.8. The monoisotopic (exact) mass is 568 g/mol. The number of urea groups is 1. The van der Waals surface area contributed by atoms with Crippen LogP contribution in [0.15, 0.2) is 72.8 Å². The van der Waals surface area contributed by atoms with E-state index in [0.29, 0.717) is 38.2 Å². The number of nitrogens with one attached hydrogen (secondary N) is 2. The molecule has 1 aromatic heterocycles. The van der Waals surface area contributed by atoms with Crippen LogP contribution in [0.3, 0.4) is 0 Å². The smallest absolute Gasteiger partial charge is 0.332 e. The number of aromatic nitrogens is 1. The Labute approximate surface area is 243 Å². The number of hydrogen-bond acceptors (Lipinski definition) is 4. The van der Waals surface area contributed by atoms with Crippen molar-refractivity contribution in [1.82, 2.24) is 15.2 Å². The normalized spacial score (nSPS) is 18.0. The molecule has 2 aliphatic heterocycles. The number of amides is 4. The van der Waals surface area contributed by atoms with Crippen molar-refractivity contribution in [2.24, 2.45) is 0 Å². The molecule has 8 nitrogen and oxygen atoms in total. The Morgan fingerprint density at radius 1 is 1.00 bits per heavy atom. The molecule has 4 aromatic rings. The van der Waals surface area contributed by atoms with Crippen molar-refractivity contribution < 1.29 is 23.5 Å². The Morgan fingerprint density at radius 2 is 1.74 bits per heavy atom. The van der Waals surface area contributed by atoms with Gasteiger partial charge in [0.1, 0.15) is 17.9 Å². The molecule has 1 saturated heterocycles. The highest BCUT2D eigenvalue weighted by Crippen LogP contribution is 2.45. The molecule has 2 atom stereocenters. The molecule has 0 aliphatic carbocycles. The maximum atomic E-state index is 14.2. The molecule has 0 spiro atoms. The summed E-state index contributed by atoms with van der Waals surface area (Å²) in [6.45, 7) is 3.75. The van der Waals surface area contributed by atoms with Crippen molar-refractivity contribution in [2.45, 2.75) is 44.7 Å². The van der Waals surface area contributed by atoms with Gasteiger partial charge in [-0.05, 0) is 54.3 Å². The third kappa shape index (κ3) is 4.94. The van der Waals surface area contributed by atoms with Crippen LogP contribution in [0.1, 0.15) is 59.4 Å². The molecule has 4 amide bonds. The van der Waals surface area contributed by atoms with E-state index in [1.54, 1.807) is 41.3 Å². The second-order valence-electron chi connectivity index (χ2n) is 10.7. The molecule has 1 fully saturated rings. The van der Waals surface area contributed by atoms with Gasteiger partial charge in [-0.25, -0.2) is 14.1 Å². The molecule has 0 saturated carbocycles. The van der Waals surface area contributed by atoms with Crippen molar-refractivity contribution >= 4 is 34.4 Å². The van der Waals surface area contributed by atoms with Gasteiger partial charge < -0.3 is 15.0 Å². The van der Waals surface area contributed by atoms with Crippen LogP contribution in [0.4, 0.5) is 14.9 Å². The molecule has 3 heterocycles. The maximum absolute atomic E-state index is 14.2. The largest absolute Gasteiger partial charge is 0.381 e. The number of fused-ring (bicyclic) bond motifs is 4. The van der Waals surface area contributed by atoms with E-state index in [1.807, 2.05) is 24.3 Å². The number of aromatic amines is 1. The number of rotatable bonds is 10. The van der Waals surface area contributed by atoms with E-state index in [0.717, 1.165) is 39.9 Å². The van der Waals surface area contributed by atoms with Gasteiger partial charge in [0, 0.05) is 42.8 Å². The summed E-state index contributed by atoms with van der Waals surface area (Å²) in [6.07, 6.45) is 3.04. The number of carbonyl (C=O) groups is 3. The van der Waals surface area contributed by atoms with Crippen LogP contribution in [0.25, 0.3) is 10.9 Å². The predicted octanol–water partition coefficient (Wildman–Crippen LogP) is 5.73. The Hall–Kier alpha value is -4.50. The number of benzene rings is 3. The molecule has 0 radical (unpaired) electrons. The van der Waals surface area contributed by atoms with E-state index in [9.17, 15) is 18.8 Å². The molecule has 3 aromatic carbocycles. The summed E-state index contributed by atoms with van der Waals surface area (Å²) in [5.74, 6) is -1.15. The predicted molar refractivity (Wildman–Crippen MR) is 158 cm³/mol. The minimum atomic E-state index is -0.782. The van der Waals surface area contributed by atoms with Crippen molar-refractivity contribution in [1.29, 1.82) is 0 Å². The number of anilines is 1. The van der Waals surface area contributed by atoms with E-state index in [-0.39, 0.29) is 23.0 Å². The molecular weight excluding hydrogens is 535 g/mol. The fraction of sp³-hybridized carbons (Fsp3) is 0.303. The van der Waals surface area contributed by atoms with Crippen LogP contribution in [-0.4, -0.2) is 53.5 Å². The first-order valence-electron chi connectivity index (χ1n) is 14.5. The Morgan fingerprint density at radius 3 is 2.55 bits per heavy atom. The Kier molecular flexibility index (Phi) is 7.75. The third-order valence-electron chi connectivity index (χ3n) is 8.02. The fourth-order valence-corrected chi connectivity index (χ4v) is 5.97. The van der Waals surface area contributed by atoms with Crippen LogP contribution in [-0.2, 0) is 16.0 Å². The van der Waals surface area contributed by atoms with Crippen molar-refractivity contribution in [2.75, 3.05) is 24.7 Å². The minimum Gasteiger partial charge on any atom is -0.381 e. The van der Waals surface area contributed by atoms with E-state index >= 15 is 0 Å². The third-order valence-corrected chi connectivity index (χ3v) is 8.02. The fourth-order valence-electron chi connectivity index (χ4n) is 5.97. The molecule has 6 rings (SSSR count). The lowest BCUT2D eigenvalue weighted by atomic mass is 9.89. The summed E-state index contributed by atoms with van der Waals surface area (Å²) < 4.78 is 19.5. The molecule has 42 heavy (non-hydrogen) atoms. The van der Waals surface area contributed by atoms with E-state index in [2.05, 4.69) is 17.2 Å². The summed E-state index contributed by atoms with van der Waals surface area (Å²) in [5, 5.41) is 3.88. The lowest BCUT2D eigenvalue weighted by Crippen LogP contribution is -2.44. The molecule has 0 bridgehead atoms. The molecule has 216 valence electrons. The van der Waals surface area contributed by atoms with Gasteiger partial charge >= 0.3 is 6.03 Å². The van der Waals surface area contributed by atoms with Crippen LogP contribution < -0.4 is 10.2 Å². The lowest BCUT2D eigenvalue weighted by Gasteiger charge is -2.36. The number of halogens is 1. The first-order chi connectivity index (χ1) is 20.5. The summed E-state index contributed by atoms with van der Waals surface area (Å²) in [6, 6.07) is 18.5. The highest BCUT2D eigenvalue weighted by molar-refractivity contribution is 6.24. The summed E-state index contributed by atoms with van der Waals surface area (Å²) in [4.78, 5) is 47.6. The average Bonchev–Trinajstić information content (AvgIpc) is 3.50. The van der Waals surface area contributed by atoms with Gasteiger partial charge in [-0.2, -0.15) is 0 Å². The number of unbranched alkanes of at least 4 members (excludes halogenated alkanes) is 1. The molecule has 2 aliphatic rings. The number of carbonyl (C=O) groups excluding carboxylic acids is 3. The van der Waals surface area contributed by atoms with Gasteiger partial charge in [0.2, 0.25) is 0 Å². The first-order valence-corrected chi connectivity index (χ1v) is 14.5. The van der Waals surface area contributed by atoms with Crippen molar-refractivity contribution in [3.63, 3.8) is 0 Å². The van der Waals surface area contributed by atoms with Crippen molar-refractivity contribution in [3.05, 3.63) is 101 Å². The highest BCUT2D eigenvalue weighted by Gasteiger charge is 2.53. The molecule has 1 unspecified atom stereocenters. The SMILES string of the molecule is CCCCOCCCNC(=O)c1ccccc1N1C(=O)[C@@H]2Cc3c([nH]c4ccccc34)C(c3ccc(F)cc3)N2C1=O. The Bertz CT molecular complexity index is 1630. The van der Waals surface area contributed by atoms with Gasteiger partial charge in [0.25, 0.3) is 11.8 Å². The van der Waals surface area contributed by atoms with E-state index in [4.69, 9.17) is 4.74 Å². The number of ether oxygens (including phenoxy) is 1. The van der Waals surface area contributed by atoms with E-state index in [1.165, 1.54) is 12.1 Å². The molecule has 2 N–H and O–H groups in total. The quantitative estimate of drug-likeness (QED) is 0.189. The lowest BCUT2D eigenvalue weighted by molar-refractivity contribution is -0.120. The van der Waals surface area contributed by atoms with Crippen LogP contribution in [0.5, 0.6) is 0 Å². The minimum absolute atomic E-state index is 0.241. The second-order valence-corrected chi connectivity index (χ2v) is 10.7. The number of hydrogen-bond donors (Lipinski definition) is 2. The number of para-hydroxylation sites is 2. The summed E-state index contributed by atoms with van der Waals surface area (Å²) in [5.41, 5.74) is 3.83. The summed E-state index contributed by atoms with van der Waals surface area (Å²) in [7, 11) is 0. The van der Waals surface area contributed by atoms with Gasteiger partial charge in [0.05, 0.1) is 11.3 Å². The number of H-pyrrole nitrogens is 1. The summed E-state index contributed by atoms with van der Waals surface area (Å²) >= 11 is 0. The van der Waals surface area contributed by atoms with Gasteiger partial charge in [0.15, 0.2) is 0 Å². The van der Waals surface area contributed by atoms with Crippen LogP contribution >= 0.6 is 0 Å². The number of nitrogens with zero attached hydrogens (tertiary/aromatic N) is 2.